The molecule has 1 atom stereocenters. The number of hydrogen-bond donors (Lipinski definition) is 1. The number of benzene rings is 2. The Hall–Kier alpha value is -3.92. The molecule has 0 spiro atoms. The van der Waals surface area contributed by atoms with Crippen LogP contribution in [0.25, 0.3) is 10.9 Å². The molecule has 1 aliphatic rings. The minimum Gasteiger partial charge on any atom is -0.496 e. The zero-order valence-electron chi connectivity index (χ0n) is 17.1. The highest BCUT2D eigenvalue weighted by molar-refractivity contribution is 5.87. The first-order valence-corrected chi connectivity index (χ1v) is 9.30. The van der Waals surface area contributed by atoms with Gasteiger partial charge in [-0.2, -0.15) is 5.26 Å². The normalized spacial score (nSPS) is 15.2. The van der Waals surface area contributed by atoms with Gasteiger partial charge in [0.15, 0.2) is 17.2 Å². The summed E-state index contributed by atoms with van der Waals surface area (Å²) in [7, 11) is 4.68. The number of fused-ring (bicyclic) bond motifs is 3. The number of nitriles is 1. The van der Waals surface area contributed by atoms with Crippen molar-refractivity contribution in [1.29, 1.82) is 5.26 Å². The van der Waals surface area contributed by atoms with Crippen molar-refractivity contribution in [3.63, 3.8) is 0 Å². The van der Waals surface area contributed by atoms with Gasteiger partial charge in [0, 0.05) is 28.3 Å². The smallest absolute Gasteiger partial charge is 0.205 e. The second-order valence-electron chi connectivity index (χ2n) is 6.88. The van der Waals surface area contributed by atoms with Gasteiger partial charge in [0.2, 0.25) is 5.88 Å². The summed E-state index contributed by atoms with van der Waals surface area (Å²) >= 11 is 0. The lowest BCUT2D eigenvalue weighted by Crippen LogP contribution is -2.22. The van der Waals surface area contributed by atoms with E-state index in [0.29, 0.717) is 39.7 Å². The van der Waals surface area contributed by atoms with Crippen LogP contribution >= 0.6 is 0 Å². The second-order valence-corrected chi connectivity index (χ2v) is 6.88. The van der Waals surface area contributed by atoms with Gasteiger partial charge >= 0.3 is 0 Å². The van der Waals surface area contributed by atoms with Crippen molar-refractivity contribution >= 4 is 10.9 Å². The van der Waals surface area contributed by atoms with E-state index >= 15 is 0 Å². The summed E-state index contributed by atoms with van der Waals surface area (Å²) in [4.78, 5) is 4.64. The number of allylic oxidation sites excluding steroid dienone is 1. The SMILES string of the molecule is COc1cc(OC)c(C2C(C#N)=C(N)Oc3c2ccc2ccc(C)nc32)cc1OC. The van der Waals surface area contributed by atoms with Gasteiger partial charge in [0.05, 0.1) is 27.2 Å². The Kier molecular flexibility index (Phi) is 4.84. The van der Waals surface area contributed by atoms with Gasteiger partial charge in [-0.25, -0.2) is 4.98 Å². The summed E-state index contributed by atoms with van der Waals surface area (Å²) in [5, 5.41) is 10.8. The Balaban J connectivity index is 2.04. The van der Waals surface area contributed by atoms with Crippen molar-refractivity contribution in [2.75, 3.05) is 21.3 Å². The van der Waals surface area contributed by atoms with E-state index in [1.165, 1.54) is 0 Å². The summed E-state index contributed by atoms with van der Waals surface area (Å²) in [6, 6.07) is 13.5. The molecular formula is C23H21N3O4. The van der Waals surface area contributed by atoms with E-state index in [-0.39, 0.29) is 5.88 Å². The Morgan fingerprint density at radius 2 is 1.63 bits per heavy atom. The highest BCUT2D eigenvalue weighted by atomic mass is 16.5. The van der Waals surface area contributed by atoms with Crippen LogP contribution in [0.4, 0.5) is 0 Å². The van der Waals surface area contributed by atoms with Gasteiger partial charge in [-0.05, 0) is 19.1 Å². The average molecular weight is 403 g/mol. The third kappa shape index (κ3) is 2.94. The molecule has 2 heterocycles. The van der Waals surface area contributed by atoms with Crippen LogP contribution in [0.1, 0.15) is 22.7 Å². The van der Waals surface area contributed by atoms with Gasteiger partial charge in [-0.1, -0.05) is 18.2 Å². The molecule has 3 aromatic rings. The first-order valence-electron chi connectivity index (χ1n) is 9.30. The maximum Gasteiger partial charge on any atom is 0.205 e. The molecule has 2 N–H and O–H groups in total. The van der Waals surface area contributed by atoms with E-state index in [1.54, 1.807) is 33.5 Å². The van der Waals surface area contributed by atoms with Crippen molar-refractivity contribution in [1.82, 2.24) is 4.98 Å². The lowest BCUT2D eigenvalue weighted by molar-refractivity contribution is 0.346. The topological polar surface area (TPSA) is 99.6 Å². The standard InChI is InChI=1S/C23H21N3O4/c1-12-5-6-13-7-8-14-20(16(11-24)23(25)30-22(14)21(13)26-12)15-9-18(28-3)19(29-4)10-17(15)27-2/h5-10,20H,25H2,1-4H3. The highest BCUT2D eigenvalue weighted by Crippen LogP contribution is 2.49. The lowest BCUT2D eigenvalue weighted by Gasteiger charge is -2.28. The van der Waals surface area contributed by atoms with Crippen molar-refractivity contribution in [2.24, 2.45) is 5.73 Å². The van der Waals surface area contributed by atoms with Gasteiger partial charge in [0.25, 0.3) is 0 Å². The monoisotopic (exact) mass is 403 g/mol. The van der Waals surface area contributed by atoms with E-state index in [2.05, 4.69) is 11.1 Å². The number of nitrogens with two attached hydrogens (primary N) is 1. The molecule has 0 fully saturated rings. The van der Waals surface area contributed by atoms with Crippen LogP contribution in [0, 0.1) is 18.3 Å². The van der Waals surface area contributed by atoms with Gasteiger partial charge in [0.1, 0.15) is 22.9 Å². The molecule has 4 rings (SSSR count). The highest BCUT2D eigenvalue weighted by Gasteiger charge is 2.34. The van der Waals surface area contributed by atoms with Crippen molar-refractivity contribution in [3.05, 3.63) is 64.7 Å². The van der Waals surface area contributed by atoms with E-state index in [9.17, 15) is 5.26 Å². The molecule has 30 heavy (non-hydrogen) atoms. The molecule has 0 amide bonds. The van der Waals surface area contributed by atoms with Crippen LogP contribution in [0.15, 0.2) is 47.9 Å². The molecule has 7 heteroatoms. The Morgan fingerprint density at radius 3 is 2.30 bits per heavy atom. The molecule has 1 aliphatic heterocycles. The van der Waals surface area contributed by atoms with E-state index in [4.69, 9.17) is 24.7 Å². The largest absolute Gasteiger partial charge is 0.496 e. The number of nitrogens with zero attached hydrogens (tertiary/aromatic N) is 2. The number of rotatable bonds is 4. The maximum absolute atomic E-state index is 9.89. The fourth-order valence-corrected chi connectivity index (χ4v) is 3.79. The lowest BCUT2D eigenvalue weighted by atomic mass is 9.82. The molecule has 0 aliphatic carbocycles. The fourth-order valence-electron chi connectivity index (χ4n) is 3.79. The minimum atomic E-state index is -0.514. The average Bonchev–Trinajstić information content (AvgIpc) is 2.77. The zero-order chi connectivity index (χ0) is 21.4. The molecule has 0 radical (unpaired) electrons. The van der Waals surface area contributed by atoms with Crippen molar-refractivity contribution < 1.29 is 18.9 Å². The summed E-state index contributed by atoms with van der Waals surface area (Å²) in [5.41, 5.74) is 9.52. The Labute approximate surface area is 174 Å². The van der Waals surface area contributed by atoms with Gasteiger partial charge < -0.3 is 24.7 Å². The van der Waals surface area contributed by atoms with Crippen LogP contribution in [-0.2, 0) is 0 Å². The van der Waals surface area contributed by atoms with Gasteiger partial charge in [-0.15, -0.1) is 0 Å². The number of pyridine rings is 1. The molecule has 7 nitrogen and oxygen atoms in total. The van der Waals surface area contributed by atoms with Crippen LogP contribution in [0.5, 0.6) is 23.0 Å². The maximum atomic E-state index is 9.89. The number of aromatic nitrogens is 1. The summed E-state index contributed by atoms with van der Waals surface area (Å²) in [5.74, 6) is 1.66. The quantitative estimate of drug-likeness (QED) is 0.707. The van der Waals surface area contributed by atoms with Crippen molar-refractivity contribution in [2.45, 2.75) is 12.8 Å². The van der Waals surface area contributed by atoms with E-state index in [0.717, 1.165) is 16.6 Å². The zero-order valence-corrected chi connectivity index (χ0v) is 17.1. The van der Waals surface area contributed by atoms with Crippen LogP contribution < -0.4 is 24.7 Å². The van der Waals surface area contributed by atoms with Crippen LogP contribution in [-0.4, -0.2) is 26.3 Å². The summed E-state index contributed by atoms with van der Waals surface area (Å²) < 4.78 is 22.4. The predicted molar refractivity (Wildman–Crippen MR) is 112 cm³/mol. The molecule has 0 bridgehead atoms. The summed E-state index contributed by atoms with van der Waals surface area (Å²) in [6.07, 6.45) is 0. The number of hydrogen-bond acceptors (Lipinski definition) is 7. The molecule has 0 saturated carbocycles. The predicted octanol–water partition coefficient (Wildman–Crippen LogP) is 3.79. The van der Waals surface area contributed by atoms with Crippen LogP contribution in [0.2, 0.25) is 0 Å². The molecule has 0 saturated heterocycles. The fraction of sp³-hybridized carbons (Fsp3) is 0.217. The first kappa shape index (κ1) is 19.4. The molecule has 1 unspecified atom stereocenters. The Bertz CT molecular complexity index is 1230. The third-order valence-electron chi connectivity index (χ3n) is 5.23. The Morgan fingerprint density at radius 1 is 0.967 bits per heavy atom. The van der Waals surface area contributed by atoms with Gasteiger partial charge in [-0.3, -0.25) is 0 Å². The first-order chi connectivity index (χ1) is 14.5. The van der Waals surface area contributed by atoms with Crippen molar-refractivity contribution in [3.8, 4) is 29.1 Å². The molecule has 1 aromatic heterocycles. The molecular weight excluding hydrogens is 382 g/mol. The number of ether oxygens (including phenoxy) is 4. The number of aryl methyl sites for hydroxylation is 1. The molecule has 2 aromatic carbocycles. The third-order valence-corrected chi connectivity index (χ3v) is 5.23. The molecule has 152 valence electrons. The van der Waals surface area contributed by atoms with Crippen LogP contribution in [0.3, 0.4) is 0 Å². The van der Waals surface area contributed by atoms with E-state index < -0.39 is 5.92 Å². The summed E-state index contributed by atoms with van der Waals surface area (Å²) in [6.45, 7) is 1.91. The second kappa shape index (κ2) is 7.48. The minimum absolute atomic E-state index is 0.0441. The number of methoxy groups -OCH3 is 3. The van der Waals surface area contributed by atoms with E-state index in [1.807, 2.05) is 31.2 Å².